The molecule has 1 aromatic carbocycles. The van der Waals surface area contributed by atoms with Gasteiger partial charge in [-0.15, -0.1) is 0 Å². The number of carboxylic acids is 1. The Morgan fingerprint density at radius 3 is 2.39 bits per heavy atom. The number of carbonyl (C=O) groups is 1. The molecule has 0 spiro atoms. The lowest BCUT2D eigenvalue weighted by molar-refractivity contribution is -0.138. The summed E-state index contributed by atoms with van der Waals surface area (Å²) >= 11 is 0. The van der Waals surface area contributed by atoms with Gasteiger partial charge in [-0.1, -0.05) is 19.9 Å². The molecule has 0 radical (unpaired) electrons. The summed E-state index contributed by atoms with van der Waals surface area (Å²) in [4.78, 5) is 10.9. The van der Waals surface area contributed by atoms with E-state index in [4.69, 9.17) is 9.84 Å². The predicted molar refractivity (Wildman–Crippen MR) is 69.4 cm³/mol. The van der Waals surface area contributed by atoms with Crippen LogP contribution in [0, 0.1) is 13.8 Å². The number of aromatic hydroxyl groups is 1. The van der Waals surface area contributed by atoms with Gasteiger partial charge in [0.2, 0.25) is 0 Å². The maximum Gasteiger partial charge on any atom is 0.304 e. The van der Waals surface area contributed by atoms with Crippen molar-refractivity contribution < 1.29 is 19.7 Å². The van der Waals surface area contributed by atoms with Crippen LogP contribution in [0.2, 0.25) is 0 Å². The SMILES string of the molecule is COc1c(C(C)(C)CC(=O)O)cc(C)c(C)c1O. The lowest BCUT2D eigenvalue weighted by Gasteiger charge is -2.27. The van der Waals surface area contributed by atoms with E-state index < -0.39 is 11.4 Å². The third-order valence-corrected chi connectivity index (χ3v) is 3.29. The second kappa shape index (κ2) is 4.88. The Bertz CT molecular complexity index is 475. The van der Waals surface area contributed by atoms with E-state index in [9.17, 15) is 9.90 Å². The highest BCUT2D eigenvalue weighted by Crippen LogP contribution is 2.42. The number of carboxylic acid groups (broad SMARTS) is 1. The zero-order valence-corrected chi connectivity index (χ0v) is 11.5. The summed E-state index contributed by atoms with van der Waals surface area (Å²) in [5.41, 5.74) is 1.78. The van der Waals surface area contributed by atoms with Crippen molar-refractivity contribution in [3.63, 3.8) is 0 Å². The van der Waals surface area contributed by atoms with Crippen LogP contribution < -0.4 is 4.74 Å². The molecule has 0 saturated carbocycles. The Balaban J connectivity index is 3.44. The van der Waals surface area contributed by atoms with Crippen molar-refractivity contribution in [1.29, 1.82) is 0 Å². The number of ether oxygens (including phenoxy) is 1. The number of methoxy groups -OCH3 is 1. The van der Waals surface area contributed by atoms with E-state index in [1.165, 1.54) is 7.11 Å². The minimum Gasteiger partial charge on any atom is -0.504 e. The van der Waals surface area contributed by atoms with E-state index in [1.54, 1.807) is 6.92 Å². The molecule has 0 fully saturated rings. The van der Waals surface area contributed by atoms with Crippen LogP contribution in [-0.2, 0) is 10.2 Å². The monoisotopic (exact) mass is 252 g/mol. The smallest absolute Gasteiger partial charge is 0.304 e. The Morgan fingerprint density at radius 1 is 1.39 bits per heavy atom. The van der Waals surface area contributed by atoms with E-state index in [0.29, 0.717) is 11.3 Å². The van der Waals surface area contributed by atoms with Gasteiger partial charge in [-0.05, 0) is 25.0 Å². The van der Waals surface area contributed by atoms with Crippen molar-refractivity contribution in [2.45, 2.75) is 39.5 Å². The molecule has 0 bridgehead atoms. The molecule has 1 aromatic rings. The molecule has 0 saturated heterocycles. The topological polar surface area (TPSA) is 66.8 Å². The van der Waals surface area contributed by atoms with Crippen molar-refractivity contribution in [2.75, 3.05) is 7.11 Å². The first-order valence-electron chi connectivity index (χ1n) is 5.80. The fraction of sp³-hybridized carbons (Fsp3) is 0.500. The molecular weight excluding hydrogens is 232 g/mol. The standard InChI is InChI=1S/C14H20O4/c1-8-6-10(14(3,4)7-11(15)16)13(18-5)12(17)9(8)2/h6,17H,7H2,1-5H3,(H,15,16). The third-order valence-electron chi connectivity index (χ3n) is 3.29. The van der Waals surface area contributed by atoms with Gasteiger partial charge in [-0.2, -0.15) is 0 Å². The number of rotatable bonds is 4. The molecule has 0 heterocycles. The van der Waals surface area contributed by atoms with Gasteiger partial charge in [-0.3, -0.25) is 4.79 Å². The quantitative estimate of drug-likeness (QED) is 0.864. The van der Waals surface area contributed by atoms with Crippen LogP contribution in [-0.4, -0.2) is 23.3 Å². The van der Waals surface area contributed by atoms with Gasteiger partial charge in [-0.25, -0.2) is 0 Å². The van der Waals surface area contributed by atoms with Crippen LogP contribution in [0.1, 0.15) is 37.0 Å². The molecular formula is C14H20O4. The lowest BCUT2D eigenvalue weighted by Crippen LogP contribution is -2.23. The van der Waals surface area contributed by atoms with Gasteiger partial charge in [0.25, 0.3) is 0 Å². The average Bonchev–Trinajstić information content (AvgIpc) is 2.23. The van der Waals surface area contributed by atoms with Crippen LogP contribution >= 0.6 is 0 Å². The summed E-state index contributed by atoms with van der Waals surface area (Å²) in [5.74, 6) is -0.421. The first-order chi connectivity index (χ1) is 8.20. The van der Waals surface area contributed by atoms with E-state index in [0.717, 1.165) is 11.1 Å². The molecule has 4 nitrogen and oxygen atoms in total. The molecule has 0 aromatic heterocycles. The van der Waals surface area contributed by atoms with Crippen LogP contribution in [0.5, 0.6) is 11.5 Å². The van der Waals surface area contributed by atoms with Gasteiger partial charge in [0.05, 0.1) is 13.5 Å². The van der Waals surface area contributed by atoms with Crippen LogP contribution in [0.25, 0.3) is 0 Å². The van der Waals surface area contributed by atoms with Gasteiger partial charge in [0, 0.05) is 11.0 Å². The first kappa shape index (κ1) is 14.4. The zero-order valence-electron chi connectivity index (χ0n) is 11.5. The van der Waals surface area contributed by atoms with E-state index >= 15 is 0 Å². The second-order valence-corrected chi connectivity index (χ2v) is 5.20. The Hall–Kier alpha value is -1.71. The molecule has 0 unspecified atom stereocenters. The van der Waals surface area contributed by atoms with Crippen molar-refractivity contribution in [3.05, 3.63) is 22.8 Å². The summed E-state index contributed by atoms with van der Waals surface area (Å²) in [6, 6.07) is 1.89. The summed E-state index contributed by atoms with van der Waals surface area (Å²) in [5, 5.41) is 19.0. The minimum atomic E-state index is -0.875. The molecule has 0 aliphatic heterocycles. The van der Waals surface area contributed by atoms with E-state index in [-0.39, 0.29) is 12.2 Å². The molecule has 0 atom stereocenters. The fourth-order valence-electron chi connectivity index (χ4n) is 2.06. The maximum atomic E-state index is 10.9. The number of benzene rings is 1. The van der Waals surface area contributed by atoms with E-state index in [1.807, 2.05) is 26.8 Å². The summed E-state index contributed by atoms with van der Waals surface area (Å²) < 4.78 is 5.24. The van der Waals surface area contributed by atoms with Crippen molar-refractivity contribution in [3.8, 4) is 11.5 Å². The Kier molecular flexibility index (Phi) is 3.89. The number of hydrogen-bond donors (Lipinski definition) is 2. The highest BCUT2D eigenvalue weighted by atomic mass is 16.5. The molecule has 2 N–H and O–H groups in total. The van der Waals surface area contributed by atoms with Crippen molar-refractivity contribution >= 4 is 5.97 Å². The van der Waals surface area contributed by atoms with Crippen LogP contribution in [0.15, 0.2) is 6.07 Å². The number of phenolic OH excluding ortho intramolecular Hbond substituents is 1. The Morgan fingerprint density at radius 2 is 1.94 bits per heavy atom. The summed E-state index contributed by atoms with van der Waals surface area (Å²) in [6.45, 7) is 7.34. The van der Waals surface area contributed by atoms with E-state index in [2.05, 4.69) is 0 Å². The molecule has 0 aliphatic rings. The first-order valence-corrected chi connectivity index (χ1v) is 5.80. The van der Waals surface area contributed by atoms with Gasteiger partial charge in [0.15, 0.2) is 11.5 Å². The zero-order chi connectivity index (χ0) is 14.1. The third kappa shape index (κ3) is 2.58. The molecule has 18 heavy (non-hydrogen) atoms. The second-order valence-electron chi connectivity index (χ2n) is 5.20. The largest absolute Gasteiger partial charge is 0.504 e. The molecule has 1 rings (SSSR count). The molecule has 100 valence electrons. The van der Waals surface area contributed by atoms with Crippen LogP contribution in [0.4, 0.5) is 0 Å². The molecule has 0 aliphatic carbocycles. The summed E-state index contributed by atoms with van der Waals surface area (Å²) in [7, 11) is 1.48. The average molecular weight is 252 g/mol. The number of aryl methyl sites for hydroxylation is 1. The summed E-state index contributed by atoms with van der Waals surface area (Å²) in [6.07, 6.45) is -0.0225. The molecule has 0 amide bonds. The number of aliphatic carboxylic acids is 1. The fourth-order valence-corrected chi connectivity index (χ4v) is 2.06. The highest BCUT2D eigenvalue weighted by Gasteiger charge is 2.30. The van der Waals surface area contributed by atoms with Gasteiger partial charge in [0.1, 0.15) is 0 Å². The normalized spacial score (nSPS) is 11.4. The van der Waals surface area contributed by atoms with Crippen LogP contribution in [0.3, 0.4) is 0 Å². The van der Waals surface area contributed by atoms with Gasteiger partial charge < -0.3 is 14.9 Å². The number of hydrogen-bond acceptors (Lipinski definition) is 3. The Labute approximate surface area is 107 Å². The van der Waals surface area contributed by atoms with Gasteiger partial charge >= 0.3 is 5.97 Å². The highest BCUT2D eigenvalue weighted by molar-refractivity contribution is 5.70. The van der Waals surface area contributed by atoms with Crippen molar-refractivity contribution in [1.82, 2.24) is 0 Å². The molecule has 4 heteroatoms. The van der Waals surface area contributed by atoms with Crippen molar-refractivity contribution in [2.24, 2.45) is 0 Å². The predicted octanol–water partition coefficient (Wildman–Crippen LogP) is 2.77. The lowest BCUT2D eigenvalue weighted by atomic mass is 9.79. The minimum absolute atomic E-state index is 0.0225. The maximum absolute atomic E-state index is 10.9. The number of phenols is 1.